The lowest BCUT2D eigenvalue weighted by Crippen LogP contribution is -2.56. The minimum Gasteiger partial charge on any atom is -0.356 e. The zero-order valence-corrected chi connectivity index (χ0v) is 15.4. The van der Waals surface area contributed by atoms with E-state index in [1.807, 2.05) is 19.2 Å². The average Bonchev–Trinajstić information content (AvgIpc) is 3.14. The Morgan fingerprint density at radius 2 is 2.24 bits per heavy atom. The Bertz CT molecular complexity index is 733. The minimum absolute atomic E-state index is 0.337. The van der Waals surface area contributed by atoms with Crippen LogP contribution in [0.5, 0.6) is 0 Å². The average molecular weight is 356 g/mol. The fourth-order valence-corrected chi connectivity index (χ4v) is 4.85. The molecule has 2 fully saturated rings. The largest absolute Gasteiger partial charge is 0.356 e. The maximum Gasteiger partial charge on any atom is 0.222 e. The van der Waals surface area contributed by atoms with Crippen molar-refractivity contribution in [2.75, 3.05) is 24.5 Å². The van der Waals surface area contributed by atoms with E-state index in [1.54, 1.807) is 11.3 Å². The number of carbonyl (C=O) groups is 1. The number of aryl methyl sites for hydroxylation is 1. The van der Waals surface area contributed by atoms with Gasteiger partial charge in [-0.15, -0.1) is 11.3 Å². The van der Waals surface area contributed by atoms with Crippen molar-refractivity contribution in [2.45, 2.75) is 38.6 Å². The molecule has 0 bridgehead atoms. The van der Waals surface area contributed by atoms with Crippen molar-refractivity contribution in [2.24, 2.45) is 5.92 Å². The molecule has 2 aromatic rings. The summed E-state index contributed by atoms with van der Waals surface area (Å²) in [5, 5.41) is 2.11. The molecular weight excluding hydrogens is 332 g/mol. The zero-order chi connectivity index (χ0) is 17.2. The second-order valence-corrected chi connectivity index (χ2v) is 8.01. The highest BCUT2D eigenvalue weighted by atomic mass is 32.1. The van der Waals surface area contributed by atoms with E-state index in [9.17, 15) is 4.79 Å². The number of amides is 1. The first-order valence-electron chi connectivity index (χ1n) is 9.07. The van der Waals surface area contributed by atoms with Gasteiger partial charge in [-0.2, -0.15) is 0 Å². The molecule has 2 aliphatic heterocycles. The van der Waals surface area contributed by atoms with E-state index in [0.29, 0.717) is 24.3 Å². The number of rotatable bonds is 4. The van der Waals surface area contributed by atoms with Crippen LogP contribution in [0.2, 0.25) is 0 Å². The summed E-state index contributed by atoms with van der Waals surface area (Å²) in [4.78, 5) is 27.2. The van der Waals surface area contributed by atoms with E-state index in [0.717, 1.165) is 50.5 Å². The fourth-order valence-electron chi connectivity index (χ4n) is 4.16. The number of nitrogens with zero attached hydrogens (tertiary/aromatic N) is 4. The van der Waals surface area contributed by atoms with Gasteiger partial charge in [-0.25, -0.2) is 9.97 Å². The van der Waals surface area contributed by atoms with Gasteiger partial charge >= 0.3 is 0 Å². The topological polar surface area (TPSA) is 49.3 Å². The molecule has 2 unspecified atom stereocenters. The van der Waals surface area contributed by atoms with Crippen LogP contribution < -0.4 is 4.90 Å². The molecule has 1 amide bonds. The molecule has 132 valence electrons. The second-order valence-electron chi connectivity index (χ2n) is 6.98. The molecule has 4 rings (SSSR count). The molecule has 25 heavy (non-hydrogen) atoms. The van der Waals surface area contributed by atoms with Crippen molar-refractivity contribution >= 4 is 23.1 Å². The van der Waals surface area contributed by atoms with Crippen LogP contribution in [0.15, 0.2) is 29.8 Å². The van der Waals surface area contributed by atoms with Crippen molar-refractivity contribution in [3.63, 3.8) is 0 Å². The molecule has 4 heterocycles. The predicted octanol–water partition coefficient (Wildman–Crippen LogP) is 2.91. The Hall–Kier alpha value is -1.95. The van der Waals surface area contributed by atoms with Crippen LogP contribution in [0.25, 0.3) is 0 Å². The van der Waals surface area contributed by atoms with E-state index in [4.69, 9.17) is 0 Å². The number of hydrogen-bond donors (Lipinski definition) is 0. The lowest BCUT2D eigenvalue weighted by molar-refractivity contribution is -0.139. The van der Waals surface area contributed by atoms with Gasteiger partial charge in [0.2, 0.25) is 5.91 Å². The van der Waals surface area contributed by atoms with Crippen molar-refractivity contribution in [1.29, 1.82) is 0 Å². The summed E-state index contributed by atoms with van der Waals surface area (Å²) < 4.78 is 0. The number of anilines is 1. The second kappa shape index (κ2) is 7.12. The highest BCUT2D eigenvalue weighted by Crippen LogP contribution is 2.33. The van der Waals surface area contributed by atoms with Crippen molar-refractivity contribution in [3.8, 4) is 0 Å². The third-order valence-electron chi connectivity index (χ3n) is 5.41. The summed E-state index contributed by atoms with van der Waals surface area (Å²) in [6, 6.07) is 6.63. The van der Waals surface area contributed by atoms with Gasteiger partial charge in [0.05, 0.1) is 0 Å². The zero-order valence-electron chi connectivity index (χ0n) is 14.6. The Kier molecular flexibility index (Phi) is 4.70. The van der Waals surface area contributed by atoms with Crippen molar-refractivity contribution < 1.29 is 4.79 Å². The number of piperidine rings is 2. The number of fused-ring (bicyclic) bond motifs is 1. The summed E-state index contributed by atoms with van der Waals surface area (Å²) in [5.74, 6) is 2.72. The lowest BCUT2D eigenvalue weighted by Gasteiger charge is -2.47. The highest BCUT2D eigenvalue weighted by Gasteiger charge is 2.39. The van der Waals surface area contributed by atoms with Crippen LogP contribution in [-0.4, -0.2) is 46.5 Å². The molecule has 0 aromatic carbocycles. The maximum absolute atomic E-state index is 12.5. The van der Waals surface area contributed by atoms with E-state index < -0.39 is 0 Å². The smallest absolute Gasteiger partial charge is 0.222 e. The van der Waals surface area contributed by atoms with Gasteiger partial charge in [-0.3, -0.25) is 4.79 Å². The van der Waals surface area contributed by atoms with Gasteiger partial charge in [0.15, 0.2) is 0 Å². The van der Waals surface area contributed by atoms with Crippen LogP contribution in [0.3, 0.4) is 0 Å². The van der Waals surface area contributed by atoms with Crippen LogP contribution in [-0.2, 0) is 11.2 Å². The van der Waals surface area contributed by atoms with Crippen LogP contribution >= 0.6 is 11.3 Å². The quantitative estimate of drug-likeness (QED) is 0.845. The van der Waals surface area contributed by atoms with Crippen LogP contribution in [0, 0.1) is 12.8 Å². The van der Waals surface area contributed by atoms with E-state index in [-0.39, 0.29) is 0 Å². The van der Waals surface area contributed by atoms with Crippen LogP contribution in [0.4, 0.5) is 5.82 Å². The molecule has 0 radical (unpaired) electrons. The first kappa shape index (κ1) is 16.5. The summed E-state index contributed by atoms with van der Waals surface area (Å²) in [6.45, 7) is 4.74. The number of aromatic nitrogens is 2. The Morgan fingerprint density at radius 3 is 3.04 bits per heavy atom. The molecule has 0 spiro atoms. The monoisotopic (exact) mass is 356 g/mol. The van der Waals surface area contributed by atoms with Gasteiger partial charge in [-0.1, -0.05) is 6.07 Å². The summed E-state index contributed by atoms with van der Waals surface area (Å²) in [6.07, 6.45) is 5.52. The van der Waals surface area contributed by atoms with Gasteiger partial charge in [-0.05, 0) is 49.6 Å². The minimum atomic E-state index is 0.337. The molecule has 2 aliphatic rings. The Morgan fingerprint density at radius 1 is 1.32 bits per heavy atom. The Labute approximate surface area is 152 Å². The fraction of sp³-hybridized carbons (Fsp3) is 0.526. The Balaban J connectivity index is 1.44. The first-order valence-corrected chi connectivity index (χ1v) is 9.95. The van der Waals surface area contributed by atoms with E-state index >= 15 is 0 Å². The van der Waals surface area contributed by atoms with Gasteiger partial charge < -0.3 is 9.80 Å². The van der Waals surface area contributed by atoms with Gasteiger partial charge in [0.1, 0.15) is 11.6 Å². The standard InChI is InChI=1S/C19H24N4OS/c1-14-20-9-6-18(21-14)22-10-8-17-15(13-22)4-5-19(24)23(17)11-7-16-3-2-12-25-16/h2-3,6,9,12,15,17H,4-5,7-8,10-11,13H2,1H3. The maximum atomic E-state index is 12.5. The third kappa shape index (κ3) is 3.54. The van der Waals surface area contributed by atoms with Crippen molar-refractivity contribution in [1.82, 2.24) is 14.9 Å². The molecule has 0 saturated carbocycles. The summed E-state index contributed by atoms with van der Waals surface area (Å²) in [5.41, 5.74) is 0. The molecule has 2 saturated heterocycles. The molecule has 2 aromatic heterocycles. The van der Waals surface area contributed by atoms with Gasteiger partial charge in [0.25, 0.3) is 0 Å². The predicted molar refractivity (Wildman–Crippen MR) is 99.8 cm³/mol. The highest BCUT2D eigenvalue weighted by molar-refractivity contribution is 7.09. The molecule has 0 N–H and O–H groups in total. The molecular formula is C19H24N4OS. The summed E-state index contributed by atoms with van der Waals surface area (Å²) in [7, 11) is 0. The molecule has 2 atom stereocenters. The molecule has 5 nitrogen and oxygen atoms in total. The van der Waals surface area contributed by atoms with Gasteiger partial charge in [0, 0.05) is 43.2 Å². The summed E-state index contributed by atoms with van der Waals surface area (Å²) >= 11 is 1.78. The third-order valence-corrected chi connectivity index (χ3v) is 6.34. The van der Waals surface area contributed by atoms with Crippen LogP contribution in [0.1, 0.15) is 30.0 Å². The molecule has 0 aliphatic carbocycles. The lowest BCUT2D eigenvalue weighted by atomic mass is 9.83. The number of carbonyl (C=O) groups excluding carboxylic acids is 1. The van der Waals surface area contributed by atoms with Crippen molar-refractivity contribution in [3.05, 3.63) is 40.5 Å². The number of hydrogen-bond acceptors (Lipinski definition) is 5. The normalized spacial score (nSPS) is 23.6. The first-order chi connectivity index (χ1) is 12.2. The molecule has 6 heteroatoms. The van der Waals surface area contributed by atoms with E-state index in [1.165, 1.54) is 4.88 Å². The number of likely N-dealkylation sites (tertiary alicyclic amines) is 1. The number of thiophene rings is 1. The SMILES string of the molecule is Cc1nccc(N2CCC3C(CCC(=O)N3CCc3cccs3)C2)n1. The van der Waals surface area contributed by atoms with E-state index in [2.05, 4.69) is 37.3 Å².